The SMILES string of the molecule is CC(CN(C)Cc1nc(-c2ncn[nH]2)no1)c1ccccc1. The first kappa shape index (κ1) is 14.4. The van der Waals surface area contributed by atoms with Crippen LogP contribution in [0.1, 0.15) is 24.3 Å². The molecular weight excluding hydrogens is 280 g/mol. The molecule has 0 aliphatic heterocycles. The number of hydrogen-bond acceptors (Lipinski definition) is 6. The van der Waals surface area contributed by atoms with Crippen molar-refractivity contribution in [2.75, 3.05) is 13.6 Å². The molecule has 1 unspecified atom stereocenters. The highest BCUT2D eigenvalue weighted by molar-refractivity contribution is 5.39. The molecule has 2 heterocycles. The Morgan fingerprint density at radius 2 is 2.09 bits per heavy atom. The van der Waals surface area contributed by atoms with Crippen LogP contribution in [0.2, 0.25) is 0 Å². The zero-order chi connectivity index (χ0) is 15.4. The van der Waals surface area contributed by atoms with Gasteiger partial charge in [-0.1, -0.05) is 42.4 Å². The van der Waals surface area contributed by atoms with Crippen LogP contribution in [0, 0.1) is 0 Å². The largest absolute Gasteiger partial charge is 0.337 e. The second-order valence-electron chi connectivity index (χ2n) is 5.35. The van der Waals surface area contributed by atoms with Crippen LogP contribution in [0.25, 0.3) is 11.6 Å². The van der Waals surface area contributed by atoms with Crippen LogP contribution in [-0.2, 0) is 6.54 Å². The van der Waals surface area contributed by atoms with E-state index in [1.165, 1.54) is 11.9 Å². The number of nitrogens with one attached hydrogen (secondary N) is 1. The van der Waals surface area contributed by atoms with E-state index in [2.05, 4.69) is 61.4 Å². The van der Waals surface area contributed by atoms with E-state index in [1.54, 1.807) is 0 Å². The molecule has 0 saturated heterocycles. The molecule has 0 bridgehead atoms. The van der Waals surface area contributed by atoms with E-state index in [9.17, 15) is 0 Å². The van der Waals surface area contributed by atoms with E-state index in [0.29, 0.717) is 30.0 Å². The fourth-order valence-electron chi connectivity index (χ4n) is 2.38. The second kappa shape index (κ2) is 6.48. The van der Waals surface area contributed by atoms with Gasteiger partial charge < -0.3 is 4.52 Å². The van der Waals surface area contributed by atoms with Crippen LogP contribution in [-0.4, -0.2) is 43.8 Å². The normalized spacial score (nSPS) is 12.7. The lowest BCUT2D eigenvalue weighted by Crippen LogP contribution is -2.23. The number of rotatable bonds is 6. The summed E-state index contributed by atoms with van der Waals surface area (Å²) in [5.74, 6) is 1.93. The Kier molecular flexibility index (Phi) is 4.24. The average Bonchev–Trinajstić information content (AvgIpc) is 3.19. The summed E-state index contributed by atoms with van der Waals surface area (Å²) in [6.07, 6.45) is 1.42. The van der Waals surface area contributed by atoms with Gasteiger partial charge in [0.1, 0.15) is 6.33 Å². The fraction of sp³-hybridized carbons (Fsp3) is 0.333. The standard InChI is InChI=1S/C15H18N6O/c1-11(12-6-4-3-5-7-12)8-21(2)9-13-18-15(20-22-13)14-16-10-17-19-14/h3-7,10-11H,8-9H2,1-2H3,(H,16,17,19). The predicted octanol–water partition coefficient (Wildman–Crippen LogP) is 2.09. The van der Waals surface area contributed by atoms with Gasteiger partial charge in [-0.2, -0.15) is 10.1 Å². The number of hydrogen-bond donors (Lipinski definition) is 1. The first-order valence-corrected chi connectivity index (χ1v) is 7.14. The molecule has 22 heavy (non-hydrogen) atoms. The van der Waals surface area contributed by atoms with E-state index in [-0.39, 0.29) is 0 Å². The smallest absolute Gasteiger partial charge is 0.241 e. The molecule has 3 rings (SSSR count). The van der Waals surface area contributed by atoms with Crippen molar-refractivity contribution in [3.63, 3.8) is 0 Å². The number of likely N-dealkylation sites (N-methyl/N-ethyl adjacent to an activating group) is 1. The van der Waals surface area contributed by atoms with Crippen LogP contribution < -0.4 is 0 Å². The highest BCUT2D eigenvalue weighted by Gasteiger charge is 2.14. The monoisotopic (exact) mass is 298 g/mol. The zero-order valence-corrected chi connectivity index (χ0v) is 12.6. The molecule has 0 radical (unpaired) electrons. The molecule has 0 fully saturated rings. The lowest BCUT2D eigenvalue weighted by atomic mass is 10.0. The highest BCUT2D eigenvalue weighted by Crippen LogP contribution is 2.17. The van der Waals surface area contributed by atoms with Crippen molar-refractivity contribution in [3.8, 4) is 11.6 Å². The maximum atomic E-state index is 5.26. The minimum absolute atomic E-state index is 0.428. The van der Waals surface area contributed by atoms with Gasteiger partial charge in [-0.15, -0.1) is 0 Å². The third-order valence-corrected chi connectivity index (χ3v) is 3.45. The van der Waals surface area contributed by atoms with E-state index >= 15 is 0 Å². The van der Waals surface area contributed by atoms with Gasteiger partial charge in [-0.05, 0) is 18.5 Å². The Morgan fingerprint density at radius 3 is 2.82 bits per heavy atom. The predicted molar refractivity (Wildman–Crippen MR) is 80.9 cm³/mol. The average molecular weight is 298 g/mol. The Balaban J connectivity index is 1.59. The summed E-state index contributed by atoms with van der Waals surface area (Å²) in [5.41, 5.74) is 1.32. The number of nitrogens with zero attached hydrogens (tertiary/aromatic N) is 5. The number of aromatic nitrogens is 5. The van der Waals surface area contributed by atoms with E-state index in [0.717, 1.165) is 6.54 Å². The summed E-state index contributed by atoms with van der Waals surface area (Å²) >= 11 is 0. The summed E-state index contributed by atoms with van der Waals surface area (Å²) in [6.45, 7) is 3.71. The fourth-order valence-corrected chi connectivity index (χ4v) is 2.38. The molecule has 7 heteroatoms. The van der Waals surface area contributed by atoms with Gasteiger partial charge in [0.2, 0.25) is 11.7 Å². The van der Waals surface area contributed by atoms with E-state index < -0.39 is 0 Å². The van der Waals surface area contributed by atoms with Crippen LogP contribution in [0.3, 0.4) is 0 Å². The van der Waals surface area contributed by atoms with Crippen molar-refractivity contribution in [2.24, 2.45) is 0 Å². The minimum Gasteiger partial charge on any atom is -0.337 e. The van der Waals surface area contributed by atoms with Gasteiger partial charge in [0, 0.05) is 6.54 Å². The highest BCUT2D eigenvalue weighted by atomic mass is 16.5. The molecule has 1 N–H and O–H groups in total. The number of H-pyrrole nitrogens is 1. The maximum Gasteiger partial charge on any atom is 0.241 e. The molecule has 114 valence electrons. The third kappa shape index (κ3) is 3.37. The lowest BCUT2D eigenvalue weighted by molar-refractivity contribution is 0.257. The molecule has 7 nitrogen and oxygen atoms in total. The van der Waals surface area contributed by atoms with Crippen LogP contribution >= 0.6 is 0 Å². The van der Waals surface area contributed by atoms with Crippen LogP contribution in [0.5, 0.6) is 0 Å². The van der Waals surface area contributed by atoms with E-state index in [1.807, 2.05) is 13.1 Å². The zero-order valence-electron chi connectivity index (χ0n) is 12.6. The van der Waals surface area contributed by atoms with Gasteiger partial charge in [-0.3, -0.25) is 10.00 Å². The summed E-state index contributed by atoms with van der Waals surface area (Å²) in [4.78, 5) is 10.5. The molecular formula is C15H18N6O. The molecule has 1 aromatic carbocycles. The molecule has 0 aliphatic rings. The van der Waals surface area contributed by atoms with Crippen molar-refractivity contribution >= 4 is 0 Å². The summed E-state index contributed by atoms with van der Waals surface area (Å²) in [7, 11) is 2.04. The Morgan fingerprint density at radius 1 is 1.27 bits per heavy atom. The summed E-state index contributed by atoms with van der Waals surface area (Å²) in [5, 5.41) is 10.4. The molecule has 0 amide bonds. The Labute approximate surface area is 128 Å². The van der Waals surface area contributed by atoms with Crippen molar-refractivity contribution in [1.29, 1.82) is 0 Å². The first-order valence-electron chi connectivity index (χ1n) is 7.14. The maximum absolute atomic E-state index is 5.26. The summed E-state index contributed by atoms with van der Waals surface area (Å²) < 4.78 is 5.26. The quantitative estimate of drug-likeness (QED) is 0.750. The van der Waals surface area contributed by atoms with Crippen LogP contribution in [0.15, 0.2) is 41.2 Å². The van der Waals surface area contributed by atoms with Crippen molar-refractivity contribution in [1.82, 2.24) is 30.2 Å². The van der Waals surface area contributed by atoms with E-state index in [4.69, 9.17) is 4.52 Å². The van der Waals surface area contributed by atoms with Gasteiger partial charge in [-0.25, -0.2) is 4.98 Å². The van der Waals surface area contributed by atoms with Gasteiger partial charge in [0.15, 0.2) is 5.82 Å². The summed E-state index contributed by atoms with van der Waals surface area (Å²) in [6, 6.07) is 10.4. The lowest BCUT2D eigenvalue weighted by Gasteiger charge is -2.19. The molecule has 0 aliphatic carbocycles. The molecule has 0 saturated carbocycles. The van der Waals surface area contributed by atoms with Gasteiger partial charge in [0.05, 0.1) is 6.54 Å². The van der Waals surface area contributed by atoms with Gasteiger partial charge in [0.25, 0.3) is 0 Å². The van der Waals surface area contributed by atoms with Crippen molar-refractivity contribution in [3.05, 3.63) is 48.1 Å². The Hall–Kier alpha value is -2.54. The molecule has 3 aromatic rings. The molecule has 2 aromatic heterocycles. The Bertz CT molecular complexity index is 694. The van der Waals surface area contributed by atoms with Gasteiger partial charge >= 0.3 is 0 Å². The molecule has 0 spiro atoms. The molecule has 1 atom stereocenters. The number of aromatic amines is 1. The van der Waals surface area contributed by atoms with Crippen LogP contribution in [0.4, 0.5) is 0 Å². The second-order valence-corrected chi connectivity index (χ2v) is 5.35. The van der Waals surface area contributed by atoms with Crippen molar-refractivity contribution < 1.29 is 4.52 Å². The third-order valence-electron chi connectivity index (χ3n) is 3.45. The number of benzene rings is 1. The topological polar surface area (TPSA) is 83.7 Å². The first-order chi connectivity index (χ1) is 10.7. The minimum atomic E-state index is 0.428. The van der Waals surface area contributed by atoms with Crippen molar-refractivity contribution in [2.45, 2.75) is 19.4 Å².